The third-order valence-corrected chi connectivity index (χ3v) is 5.83. The zero-order chi connectivity index (χ0) is 20.6. The molecule has 6 nitrogen and oxygen atoms in total. The normalized spacial score (nSPS) is 15.1. The van der Waals surface area contributed by atoms with Crippen LogP contribution in [0.15, 0.2) is 23.4 Å². The number of hydrogen-bond acceptors (Lipinski definition) is 7. The number of aromatic nitrogens is 2. The highest BCUT2D eigenvalue weighted by molar-refractivity contribution is 7.98. The highest BCUT2D eigenvalue weighted by Gasteiger charge is 2.20. The Kier molecular flexibility index (Phi) is 7.59. The van der Waals surface area contributed by atoms with Gasteiger partial charge in [0.2, 0.25) is 0 Å². The van der Waals surface area contributed by atoms with E-state index in [0.29, 0.717) is 39.8 Å². The van der Waals surface area contributed by atoms with Crippen molar-refractivity contribution >= 4 is 17.6 Å². The van der Waals surface area contributed by atoms with Gasteiger partial charge in [0.1, 0.15) is 17.5 Å². The van der Waals surface area contributed by atoms with Crippen molar-refractivity contribution in [1.29, 1.82) is 5.26 Å². The average Bonchev–Trinajstić information content (AvgIpc) is 2.74. The Hall–Kier alpha value is -2.46. The van der Waals surface area contributed by atoms with Gasteiger partial charge in [-0.05, 0) is 37.3 Å². The molecule has 0 aliphatic heterocycles. The lowest BCUT2D eigenvalue weighted by Gasteiger charge is -2.23. The molecule has 0 saturated heterocycles. The van der Waals surface area contributed by atoms with Gasteiger partial charge in [0, 0.05) is 11.6 Å². The minimum absolute atomic E-state index is 0.338. The summed E-state index contributed by atoms with van der Waals surface area (Å²) in [6.45, 7) is 0. The molecule has 1 fully saturated rings. The number of methoxy groups -OCH3 is 2. The maximum Gasteiger partial charge on any atom is 0.189 e. The Morgan fingerprint density at radius 2 is 1.72 bits per heavy atom. The second kappa shape index (κ2) is 10.4. The summed E-state index contributed by atoms with van der Waals surface area (Å²) >= 11 is 1.47. The van der Waals surface area contributed by atoms with Crippen LogP contribution in [0.1, 0.15) is 50.5 Å². The molecule has 1 aliphatic rings. The van der Waals surface area contributed by atoms with E-state index < -0.39 is 0 Å². The molecule has 0 bridgehead atoms. The van der Waals surface area contributed by atoms with Crippen molar-refractivity contribution in [2.24, 2.45) is 0 Å². The topological polar surface area (TPSA) is 80.1 Å². The number of anilines is 1. The van der Waals surface area contributed by atoms with Gasteiger partial charge in [-0.15, -0.1) is 0 Å². The zero-order valence-electron chi connectivity index (χ0n) is 17.3. The van der Waals surface area contributed by atoms with Gasteiger partial charge in [-0.2, -0.15) is 5.26 Å². The molecule has 3 rings (SSSR count). The third-order valence-electron chi connectivity index (χ3n) is 5.29. The SMILES string of the molecule is COc1ccc(-c2nc(SC)nc(NC3CCCCCCC3)c2C#N)cc1OC. The van der Waals surface area contributed by atoms with E-state index in [0.717, 1.165) is 18.4 Å². The Bertz CT molecular complexity index is 874. The maximum atomic E-state index is 9.95. The summed E-state index contributed by atoms with van der Waals surface area (Å²) in [4.78, 5) is 9.28. The third kappa shape index (κ3) is 5.13. The van der Waals surface area contributed by atoms with Gasteiger partial charge in [-0.25, -0.2) is 9.97 Å². The molecule has 1 aromatic heterocycles. The van der Waals surface area contributed by atoms with E-state index in [1.54, 1.807) is 14.2 Å². The van der Waals surface area contributed by atoms with Crippen molar-refractivity contribution in [1.82, 2.24) is 9.97 Å². The summed E-state index contributed by atoms with van der Waals surface area (Å²) in [7, 11) is 3.20. The van der Waals surface area contributed by atoms with Gasteiger partial charge in [-0.3, -0.25) is 0 Å². The average molecular weight is 413 g/mol. The summed E-state index contributed by atoms with van der Waals surface area (Å²) in [5.41, 5.74) is 1.89. The smallest absolute Gasteiger partial charge is 0.189 e. The Morgan fingerprint density at radius 1 is 1.03 bits per heavy atom. The Balaban J connectivity index is 2.01. The minimum atomic E-state index is 0.338. The van der Waals surface area contributed by atoms with Crippen LogP contribution in [0.4, 0.5) is 5.82 Å². The van der Waals surface area contributed by atoms with Crippen LogP contribution in [0.5, 0.6) is 11.5 Å². The molecule has 7 heteroatoms. The quantitative estimate of drug-likeness (QED) is 0.511. The van der Waals surface area contributed by atoms with Crippen LogP contribution in [0, 0.1) is 11.3 Å². The van der Waals surface area contributed by atoms with Crippen LogP contribution in [-0.2, 0) is 0 Å². The summed E-state index contributed by atoms with van der Waals surface area (Å²) in [6.07, 6.45) is 10.5. The second-order valence-electron chi connectivity index (χ2n) is 7.15. The molecule has 0 radical (unpaired) electrons. The molecule has 154 valence electrons. The van der Waals surface area contributed by atoms with Crippen LogP contribution < -0.4 is 14.8 Å². The molecule has 1 aliphatic carbocycles. The Morgan fingerprint density at radius 3 is 2.34 bits per heavy atom. The Labute approximate surface area is 177 Å². The number of thioether (sulfide) groups is 1. The molecule has 0 spiro atoms. The maximum absolute atomic E-state index is 9.95. The molecule has 29 heavy (non-hydrogen) atoms. The minimum Gasteiger partial charge on any atom is -0.493 e. The van der Waals surface area contributed by atoms with Crippen LogP contribution >= 0.6 is 11.8 Å². The molecular formula is C22H28N4O2S. The fraction of sp³-hybridized carbons (Fsp3) is 0.500. The van der Waals surface area contributed by atoms with Crippen molar-refractivity contribution in [3.8, 4) is 28.8 Å². The van der Waals surface area contributed by atoms with Crippen LogP contribution in [0.25, 0.3) is 11.3 Å². The van der Waals surface area contributed by atoms with E-state index in [-0.39, 0.29) is 0 Å². The number of ether oxygens (including phenoxy) is 2. The van der Waals surface area contributed by atoms with Gasteiger partial charge in [-0.1, -0.05) is 43.9 Å². The standard InChI is InChI=1S/C22H28N4O2S/c1-27-18-12-11-15(13-19(18)28-2)20-17(14-23)21(26-22(25-20)29-3)24-16-9-7-5-4-6-8-10-16/h11-13,16H,4-10H2,1-3H3,(H,24,25,26). The number of nitriles is 1. The lowest BCUT2D eigenvalue weighted by molar-refractivity contribution is 0.355. The molecule has 0 unspecified atom stereocenters. The first-order valence-electron chi connectivity index (χ1n) is 10.0. The van der Waals surface area contributed by atoms with Gasteiger partial charge in [0.25, 0.3) is 0 Å². The van der Waals surface area contributed by atoms with Gasteiger partial charge >= 0.3 is 0 Å². The molecule has 1 N–H and O–H groups in total. The van der Waals surface area contributed by atoms with E-state index in [1.807, 2.05) is 24.5 Å². The first-order chi connectivity index (χ1) is 14.2. The van der Waals surface area contributed by atoms with Crippen molar-refractivity contribution in [2.75, 3.05) is 25.8 Å². The van der Waals surface area contributed by atoms with E-state index in [2.05, 4.69) is 21.4 Å². The van der Waals surface area contributed by atoms with Crippen molar-refractivity contribution in [3.05, 3.63) is 23.8 Å². The molecule has 2 aromatic rings. The van der Waals surface area contributed by atoms with E-state index >= 15 is 0 Å². The van der Waals surface area contributed by atoms with Crippen LogP contribution in [0.3, 0.4) is 0 Å². The number of hydrogen-bond donors (Lipinski definition) is 1. The lowest BCUT2D eigenvalue weighted by atomic mass is 9.96. The van der Waals surface area contributed by atoms with E-state index in [9.17, 15) is 5.26 Å². The lowest BCUT2D eigenvalue weighted by Crippen LogP contribution is -2.22. The largest absolute Gasteiger partial charge is 0.493 e. The molecule has 1 heterocycles. The highest BCUT2D eigenvalue weighted by Crippen LogP contribution is 2.35. The first-order valence-corrected chi connectivity index (χ1v) is 11.3. The molecular weight excluding hydrogens is 384 g/mol. The highest BCUT2D eigenvalue weighted by atomic mass is 32.2. The summed E-state index contributed by atoms with van der Waals surface area (Å²) in [6, 6.07) is 8.25. The van der Waals surface area contributed by atoms with E-state index in [1.165, 1.54) is 43.9 Å². The summed E-state index contributed by atoms with van der Waals surface area (Å²) in [5.74, 6) is 1.87. The number of benzene rings is 1. The molecule has 0 amide bonds. The second-order valence-corrected chi connectivity index (χ2v) is 7.92. The number of nitrogens with one attached hydrogen (secondary N) is 1. The monoisotopic (exact) mass is 412 g/mol. The van der Waals surface area contributed by atoms with E-state index in [4.69, 9.17) is 9.47 Å². The van der Waals surface area contributed by atoms with Crippen molar-refractivity contribution in [3.63, 3.8) is 0 Å². The molecule has 0 atom stereocenters. The van der Waals surface area contributed by atoms with Gasteiger partial charge < -0.3 is 14.8 Å². The summed E-state index contributed by atoms with van der Waals surface area (Å²) < 4.78 is 10.8. The van der Waals surface area contributed by atoms with Crippen LogP contribution in [-0.4, -0.2) is 36.5 Å². The zero-order valence-corrected chi connectivity index (χ0v) is 18.1. The number of nitrogens with zero attached hydrogens (tertiary/aromatic N) is 3. The molecule has 1 saturated carbocycles. The first kappa shape index (κ1) is 21.3. The fourth-order valence-corrected chi connectivity index (χ4v) is 4.09. The van der Waals surface area contributed by atoms with Gasteiger partial charge in [0.05, 0.1) is 19.9 Å². The summed E-state index contributed by atoms with van der Waals surface area (Å²) in [5, 5.41) is 14.2. The predicted octanol–water partition coefficient (Wildman–Crippen LogP) is 5.28. The number of rotatable bonds is 6. The fourth-order valence-electron chi connectivity index (χ4n) is 3.73. The van der Waals surface area contributed by atoms with Crippen molar-refractivity contribution in [2.45, 2.75) is 56.1 Å². The molecule has 1 aromatic carbocycles. The van der Waals surface area contributed by atoms with Crippen molar-refractivity contribution < 1.29 is 9.47 Å². The predicted molar refractivity (Wildman–Crippen MR) is 117 cm³/mol. The van der Waals surface area contributed by atoms with Gasteiger partial charge in [0.15, 0.2) is 16.7 Å². The van der Waals surface area contributed by atoms with Crippen LogP contribution in [0.2, 0.25) is 0 Å².